The van der Waals surface area contributed by atoms with Crippen LogP contribution in [0.4, 0.5) is 4.39 Å². The third-order valence-electron chi connectivity index (χ3n) is 5.84. The van der Waals surface area contributed by atoms with Gasteiger partial charge in [-0.3, -0.25) is 4.99 Å². The molecule has 0 radical (unpaired) electrons. The lowest BCUT2D eigenvalue weighted by Gasteiger charge is -2.46. The first-order chi connectivity index (χ1) is 12.2. The molecule has 0 atom stereocenters. The fourth-order valence-electron chi connectivity index (χ4n) is 4.30. The van der Waals surface area contributed by atoms with Crippen LogP contribution in [-0.4, -0.2) is 44.3 Å². The van der Waals surface area contributed by atoms with Crippen molar-refractivity contribution in [2.45, 2.75) is 44.6 Å². The molecule has 3 rings (SSSR count). The summed E-state index contributed by atoms with van der Waals surface area (Å²) in [4.78, 5) is 6.28. The number of piperidine rings is 1. The lowest BCUT2D eigenvalue weighted by Crippen LogP contribution is -2.54. The fraction of sp³-hybridized carbons (Fsp3) is 0.571. The Bertz CT molecular complexity index is 642. The minimum Gasteiger partial charge on any atom is -0.307 e. The van der Waals surface area contributed by atoms with E-state index in [1.165, 1.54) is 17.3 Å². The predicted octanol–water partition coefficient (Wildman–Crippen LogP) is 3.85. The van der Waals surface area contributed by atoms with Gasteiger partial charge in [0, 0.05) is 38.8 Å². The number of nitrogens with one attached hydrogen (secondary N) is 1. The van der Waals surface area contributed by atoms with E-state index < -0.39 is 0 Å². The van der Waals surface area contributed by atoms with E-state index in [2.05, 4.69) is 39.5 Å². The number of allylic oxidation sites excluding steroid dienone is 1. The Morgan fingerprint density at radius 1 is 1.32 bits per heavy atom. The standard InChI is InChI=1S/C21H30FN3/c1-3-17(20(22)16-23-2)9-13-25-14-10-21(11-15-25)19-7-5-4-6-18(19)8-12-24-21/h4-7,16,24H,3,8-15H2,1-2H3/b20-17-,23-16?. The SMILES string of the molecule is CC/C(CCN1CCC2(CC1)NCCc1ccccc12)=C(/F)C=NC. The van der Waals surface area contributed by atoms with Crippen molar-refractivity contribution in [2.75, 3.05) is 33.2 Å². The lowest BCUT2D eigenvalue weighted by atomic mass is 9.76. The van der Waals surface area contributed by atoms with Crippen LogP contribution in [0.15, 0.2) is 40.7 Å². The van der Waals surface area contributed by atoms with Gasteiger partial charge in [-0.2, -0.15) is 0 Å². The number of hydrogen-bond donors (Lipinski definition) is 1. The van der Waals surface area contributed by atoms with Gasteiger partial charge in [0.2, 0.25) is 0 Å². The maximum Gasteiger partial charge on any atom is 0.140 e. The van der Waals surface area contributed by atoms with Crippen molar-refractivity contribution in [3.05, 3.63) is 46.8 Å². The van der Waals surface area contributed by atoms with Crippen molar-refractivity contribution < 1.29 is 4.39 Å². The van der Waals surface area contributed by atoms with E-state index >= 15 is 0 Å². The van der Waals surface area contributed by atoms with Crippen LogP contribution in [0.5, 0.6) is 0 Å². The van der Waals surface area contributed by atoms with Gasteiger partial charge < -0.3 is 10.2 Å². The van der Waals surface area contributed by atoms with Gasteiger partial charge in [-0.15, -0.1) is 0 Å². The molecule has 1 N–H and O–H groups in total. The van der Waals surface area contributed by atoms with Crippen LogP contribution < -0.4 is 5.32 Å². The Morgan fingerprint density at radius 2 is 2.08 bits per heavy atom. The molecule has 1 aromatic rings. The largest absolute Gasteiger partial charge is 0.307 e. The van der Waals surface area contributed by atoms with Gasteiger partial charge in [0.1, 0.15) is 5.83 Å². The molecule has 1 aromatic carbocycles. The molecular formula is C21H30FN3. The Labute approximate surface area is 151 Å². The van der Waals surface area contributed by atoms with E-state index in [0.29, 0.717) is 0 Å². The minimum atomic E-state index is -0.152. The summed E-state index contributed by atoms with van der Waals surface area (Å²) in [5.41, 5.74) is 4.04. The third-order valence-corrected chi connectivity index (χ3v) is 5.84. The predicted molar refractivity (Wildman–Crippen MR) is 103 cm³/mol. The zero-order chi connectivity index (χ0) is 17.7. The molecule has 0 aliphatic carbocycles. The van der Waals surface area contributed by atoms with Crippen LogP contribution in [0.1, 0.15) is 43.7 Å². The summed E-state index contributed by atoms with van der Waals surface area (Å²) in [6.07, 6.45) is 6.29. The lowest BCUT2D eigenvalue weighted by molar-refractivity contribution is 0.130. The number of hydrogen-bond acceptors (Lipinski definition) is 3. The van der Waals surface area contributed by atoms with E-state index in [1.807, 2.05) is 6.92 Å². The molecule has 2 heterocycles. The monoisotopic (exact) mass is 343 g/mol. The second-order valence-electron chi connectivity index (χ2n) is 7.20. The summed E-state index contributed by atoms with van der Waals surface area (Å²) in [6.45, 7) is 6.17. The molecular weight excluding hydrogens is 313 g/mol. The van der Waals surface area contributed by atoms with E-state index in [9.17, 15) is 4.39 Å². The highest BCUT2D eigenvalue weighted by Crippen LogP contribution is 2.37. The quantitative estimate of drug-likeness (QED) is 0.823. The van der Waals surface area contributed by atoms with Gasteiger partial charge in [-0.05, 0) is 48.8 Å². The summed E-state index contributed by atoms with van der Waals surface area (Å²) in [7, 11) is 1.62. The maximum atomic E-state index is 14.0. The van der Waals surface area contributed by atoms with Crippen LogP contribution in [0.3, 0.4) is 0 Å². The Kier molecular flexibility index (Phi) is 6.02. The zero-order valence-corrected chi connectivity index (χ0v) is 15.5. The normalized spacial score (nSPS) is 21.4. The van der Waals surface area contributed by atoms with Crippen LogP contribution >= 0.6 is 0 Å². The van der Waals surface area contributed by atoms with Gasteiger partial charge in [0.15, 0.2) is 0 Å². The number of halogens is 1. The Balaban J connectivity index is 1.61. The van der Waals surface area contributed by atoms with Gasteiger partial charge >= 0.3 is 0 Å². The summed E-state index contributed by atoms with van der Waals surface area (Å²) in [6, 6.07) is 8.89. The Hall–Kier alpha value is -1.52. The highest BCUT2D eigenvalue weighted by molar-refractivity contribution is 5.76. The Morgan fingerprint density at radius 3 is 2.80 bits per heavy atom. The van der Waals surface area contributed by atoms with Gasteiger partial charge in [0.25, 0.3) is 0 Å². The summed E-state index contributed by atoms with van der Waals surface area (Å²) in [5.74, 6) is -0.152. The molecule has 1 fully saturated rings. The van der Waals surface area contributed by atoms with Crippen molar-refractivity contribution in [3.63, 3.8) is 0 Å². The molecule has 1 spiro atoms. The molecule has 0 bridgehead atoms. The highest BCUT2D eigenvalue weighted by atomic mass is 19.1. The van der Waals surface area contributed by atoms with Crippen molar-refractivity contribution in [1.82, 2.24) is 10.2 Å². The van der Waals surface area contributed by atoms with Gasteiger partial charge in [-0.25, -0.2) is 4.39 Å². The zero-order valence-electron chi connectivity index (χ0n) is 15.5. The molecule has 3 nitrogen and oxygen atoms in total. The first kappa shape index (κ1) is 18.3. The molecule has 0 amide bonds. The maximum absolute atomic E-state index is 14.0. The smallest absolute Gasteiger partial charge is 0.140 e. The fourth-order valence-corrected chi connectivity index (χ4v) is 4.30. The van der Waals surface area contributed by atoms with Crippen LogP contribution in [0.2, 0.25) is 0 Å². The molecule has 1 saturated heterocycles. The van der Waals surface area contributed by atoms with E-state index in [-0.39, 0.29) is 11.4 Å². The number of benzene rings is 1. The van der Waals surface area contributed by atoms with Gasteiger partial charge in [0.05, 0.1) is 6.21 Å². The van der Waals surface area contributed by atoms with Gasteiger partial charge in [-0.1, -0.05) is 31.2 Å². The average molecular weight is 343 g/mol. The molecule has 136 valence electrons. The van der Waals surface area contributed by atoms with E-state index in [1.54, 1.807) is 7.05 Å². The number of nitrogens with zero attached hydrogens (tertiary/aromatic N) is 2. The summed E-state index contributed by atoms with van der Waals surface area (Å²) >= 11 is 0. The van der Waals surface area contributed by atoms with E-state index in [0.717, 1.165) is 63.9 Å². The molecule has 0 unspecified atom stereocenters. The second-order valence-corrected chi connectivity index (χ2v) is 7.20. The first-order valence-electron chi connectivity index (χ1n) is 9.54. The molecule has 25 heavy (non-hydrogen) atoms. The molecule has 2 aliphatic rings. The molecule has 0 aromatic heterocycles. The highest BCUT2D eigenvalue weighted by Gasteiger charge is 2.38. The topological polar surface area (TPSA) is 27.6 Å². The first-order valence-corrected chi connectivity index (χ1v) is 9.54. The summed E-state index contributed by atoms with van der Waals surface area (Å²) in [5, 5.41) is 3.81. The van der Waals surface area contributed by atoms with Crippen molar-refractivity contribution >= 4 is 6.21 Å². The van der Waals surface area contributed by atoms with Crippen LogP contribution in [-0.2, 0) is 12.0 Å². The number of aliphatic imine (C=N–C) groups is 1. The number of rotatable bonds is 5. The minimum absolute atomic E-state index is 0.148. The third kappa shape index (κ3) is 4.01. The number of likely N-dealkylation sites (tertiary alicyclic amines) is 1. The molecule has 2 aliphatic heterocycles. The number of fused-ring (bicyclic) bond motifs is 2. The molecule has 4 heteroatoms. The van der Waals surface area contributed by atoms with Crippen molar-refractivity contribution in [2.24, 2.45) is 4.99 Å². The van der Waals surface area contributed by atoms with Crippen LogP contribution in [0.25, 0.3) is 0 Å². The van der Waals surface area contributed by atoms with Crippen molar-refractivity contribution in [3.8, 4) is 0 Å². The molecule has 0 saturated carbocycles. The summed E-state index contributed by atoms with van der Waals surface area (Å²) < 4.78 is 14.0. The second kappa shape index (κ2) is 8.24. The van der Waals surface area contributed by atoms with Crippen LogP contribution in [0, 0.1) is 0 Å². The average Bonchev–Trinajstić information content (AvgIpc) is 2.64. The van der Waals surface area contributed by atoms with Crippen molar-refractivity contribution in [1.29, 1.82) is 0 Å². The van der Waals surface area contributed by atoms with E-state index in [4.69, 9.17) is 0 Å².